The average Bonchev–Trinajstić information content (AvgIpc) is 3.16. The summed E-state index contributed by atoms with van der Waals surface area (Å²) in [6, 6.07) is 17.5. The maximum Gasteiger partial charge on any atom is 0.307 e. The molecule has 0 aliphatic carbocycles. The zero-order valence-corrected chi connectivity index (χ0v) is 16.3. The number of methoxy groups -OCH3 is 2. The van der Waals surface area contributed by atoms with E-state index in [1.54, 1.807) is 21.1 Å². The zero-order chi connectivity index (χ0) is 19.9. The SMILES string of the molecule is CCOC(=O)CCn1nc(-c2ccccc2OC)cc1-c1ccccc1OC. The zero-order valence-electron chi connectivity index (χ0n) is 16.3. The molecular formula is C22H24N2O4. The Morgan fingerprint density at radius 1 is 0.964 bits per heavy atom. The first kappa shape index (κ1) is 19.5. The van der Waals surface area contributed by atoms with Crippen LogP contribution in [-0.4, -0.2) is 36.6 Å². The summed E-state index contributed by atoms with van der Waals surface area (Å²) < 4.78 is 17.9. The number of ether oxygens (including phenoxy) is 3. The molecular weight excluding hydrogens is 356 g/mol. The van der Waals surface area contributed by atoms with E-state index < -0.39 is 0 Å². The first-order valence-corrected chi connectivity index (χ1v) is 9.18. The Kier molecular flexibility index (Phi) is 6.32. The minimum atomic E-state index is -0.247. The van der Waals surface area contributed by atoms with E-state index in [0.717, 1.165) is 34.0 Å². The maximum absolute atomic E-state index is 11.9. The molecule has 0 radical (unpaired) electrons. The third-order valence-corrected chi connectivity index (χ3v) is 4.38. The van der Waals surface area contributed by atoms with Crippen molar-refractivity contribution in [1.82, 2.24) is 9.78 Å². The Bertz CT molecular complexity index is 949. The van der Waals surface area contributed by atoms with Crippen LogP contribution in [-0.2, 0) is 16.1 Å². The molecule has 2 aromatic carbocycles. The van der Waals surface area contributed by atoms with Gasteiger partial charge < -0.3 is 14.2 Å². The predicted octanol–water partition coefficient (Wildman–Crippen LogP) is 4.19. The fourth-order valence-electron chi connectivity index (χ4n) is 3.08. The van der Waals surface area contributed by atoms with Crippen molar-refractivity contribution in [2.75, 3.05) is 20.8 Å². The Balaban J connectivity index is 2.05. The Hall–Kier alpha value is -3.28. The fraction of sp³-hybridized carbons (Fsp3) is 0.273. The number of rotatable bonds is 8. The third-order valence-electron chi connectivity index (χ3n) is 4.38. The molecule has 28 heavy (non-hydrogen) atoms. The highest BCUT2D eigenvalue weighted by atomic mass is 16.5. The second-order valence-electron chi connectivity index (χ2n) is 6.09. The predicted molar refractivity (Wildman–Crippen MR) is 107 cm³/mol. The van der Waals surface area contributed by atoms with Gasteiger partial charge in [0, 0.05) is 11.1 Å². The molecule has 0 fully saturated rings. The van der Waals surface area contributed by atoms with E-state index in [2.05, 4.69) is 0 Å². The number of carbonyl (C=O) groups excluding carboxylic acids is 1. The maximum atomic E-state index is 11.9. The van der Waals surface area contributed by atoms with Crippen molar-refractivity contribution in [3.05, 3.63) is 54.6 Å². The monoisotopic (exact) mass is 380 g/mol. The van der Waals surface area contributed by atoms with Gasteiger partial charge in [-0.1, -0.05) is 24.3 Å². The van der Waals surface area contributed by atoms with Crippen LogP contribution in [0.4, 0.5) is 0 Å². The molecule has 0 saturated carbocycles. The Labute approximate surface area is 164 Å². The van der Waals surface area contributed by atoms with Crippen molar-refractivity contribution in [3.8, 4) is 34.0 Å². The molecule has 1 heterocycles. The smallest absolute Gasteiger partial charge is 0.307 e. The van der Waals surface area contributed by atoms with Crippen LogP contribution >= 0.6 is 0 Å². The molecule has 0 spiro atoms. The largest absolute Gasteiger partial charge is 0.496 e. The summed E-state index contributed by atoms with van der Waals surface area (Å²) in [4.78, 5) is 11.9. The van der Waals surface area contributed by atoms with E-state index in [1.807, 2.05) is 59.3 Å². The summed E-state index contributed by atoms with van der Waals surface area (Å²) in [6.07, 6.45) is 0.239. The van der Waals surface area contributed by atoms with Crippen LogP contribution in [0, 0.1) is 0 Å². The summed E-state index contributed by atoms with van der Waals surface area (Å²) in [5.41, 5.74) is 3.42. The standard InChI is InChI=1S/C22H24N2O4/c1-4-28-22(25)13-14-24-19(17-10-6-8-12-21(17)27-3)15-18(23-24)16-9-5-7-11-20(16)26-2/h5-12,15H,4,13-14H2,1-3H3. The highest BCUT2D eigenvalue weighted by Gasteiger charge is 2.17. The van der Waals surface area contributed by atoms with E-state index in [4.69, 9.17) is 19.3 Å². The molecule has 0 N–H and O–H groups in total. The van der Waals surface area contributed by atoms with Gasteiger partial charge in [-0.3, -0.25) is 9.48 Å². The number of hydrogen-bond acceptors (Lipinski definition) is 5. The summed E-state index contributed by atoms with van der Waals surface area (Å²) >= 11 is 0. The molecule has 1 aromatic heterocycles. The van der Waals surface area contributed by atoms with Crippen molar-refractivity contribution in [3.63, 3.8) is 0 Å². The van der Waals surface area contributed by atoms with E-state index in [0.29, 0.717) is 13.2 Å². The van der Waals surface area contributed by atoms with Crippen LogP contribution in [0.5, 0.6) is 11.5 Å². The molecule has 0 saturated heterocycles. The van der Waals surface area contributed by atoms with Gasteiger partial charge in [-0.2, -0.15) is 5.10 Å². The normalized spacial score (nSPS) is 10.5. The molecule has 0 aliphatic heterocycles. The second kappa shape index (κ2) is 9.08. The van der Waals surface area contributed by atoms with Crippen LogP contribution in [0.2, 0.25) is 0 Å². The molecule has 0 atom stereocenters. The van der Waals surface area contributed by atoms with Crippen molar-refractivity contribution in [2.45, 2.75) is 19.9 Å². The minimum absolute atomic E-state index is 0.239. The first-order chi connectivity index (χ1) is 13.7. The topological polar surface area (TPSA) is 62.6 Å². The average molecular weight is 380 g/mol. The van der Waals surface area contributed by atoms with Gasteiger partial charge in [0.1, 0.15) is 11.5 Å². The van der Waals surface area contributed by atoms with Crippen LogP contribution in [0.15, 0.2) is 54.6 Å². The molecule has 3 aromatic rings. The van der Waals surface area contributed by atoms with Crippen LogP contribution < -0.4 is 9.47 Å². The molecule has 3 rings (SSSR count). The molecule has 0 aliphatic rings. The summed E-state index contributed by atoms with van der Waals surface area (Å²) in [6.45, 7) is 2.57. The first-order valence-electron chi connectivity index (χ1n) is 9.18. The number of carbonyl (C=O) groups is 1. The van der Waals surface area contributed by atoms with Crippen molar-refractivity contribution in [1.29, 1.82) is 0 Å². The molecule has 6 nitrogen and oxygen atoms in total. The van der Waals surface area contributed by atoms with Crippen LogP contribution in [0.25, 0.3) is 22.5 Å². The van der Waals surface area contributed by atoms with Gasteiger partial charge in [-0.05, 0) is 37.3 Å². The lowest BCUT2D eigenvalue weighted by Crippen LogP contribution is -2.11. The van der Waals surface area contributed by atoms with Gasteiger partial charge in [0.05, 0.1) is 45.2 Å². The van der Waals surface area contributed by atoms with Gasteiger partial charge in [0.2, 0.25) is 0 Å². The van der Waals surface area contributed by atoms with Gasteiger partial charge >= 0.3 is 5.97 Å². The van der Waals surface area contributed by atoms with Gasteiger partial charge in [0.15, 0.2) is 0 Å². The van der Waals surface area contributed by atoms with Gasteiger partial charge in [-0.25, -0.2) is 0 Å². The number of para-hydroxylation sites is 2. The number of esters is 1. The lowest BCUT2D eigenvalue weighted by Gasteiger charge is -2.10. The minimum Gasteiger partial charge on any atom is -0.496 e. The highest BCUT2D eigenvalue weighted by molar-refractivity contribution is 5.75. The Morgan fingerprint density at radius 2 is 1.57 bits per heavy atom. The summed E-state index contributed by atoms with van der Waals surface area (Å²) in [5.74, 6) is 1.23. The molecule has 0 amide bonds. The highest BCUT2D eigenvalue weighted by Crippen LogP contribution is 2.35. The summed E-state index contributed by atoms with van der Waals surface area (Å²) in [7, 11) is 3.27. The molecule has 0 unspecified atom stereocenters. The fourth-order valence-corrected chi connectivity index (χ4v) is 3.08. The van der Waals surface area contributed by atoms with Crippen molar-refractivity contribution < 1.29 is 19.0 Å². The van der Waals surface area contributed by atoms with E-state index in [1.165, 1.54) is 0 Å². The third kappa shape index (κ3) is 4.17. The molecule has 0 bridgehead atoms. The number of hydrogen-bond donors (Lipinski definition) is 0. The van der Waals surface area contributed by atoms with Crippen molar-refractivity contribution >= 4 is 5.97 Å². The molecule has 146 valence electrons. The number of aromatic nitrogens is 2. The van der Waals surface area contributed by atoms with E-state index in [-0.39, 0.29) is 12.4 Å². The number of aryl methyl sites for hydroxylation is 1. The molecule has 6 heteroatoms. The van der Waals surface area contributed by atoms with Crippen LogP contribution in [0.1, 0.15) is 13.3 Å². The van der Waals surface area contributed by atoms with E-state index >= 15 is 0 Å². The Morgan fingerprint density at radius 3 is 2.21 bits per heavy atom. The lowest BCUT2D eigenvalue weighted by molar-refractivity contribution is -0.143. The quantitative estimate of drug-likeness (QED) is 0.549. The second-order valence-corrected chi connectivity index (χ2v) is 6.09. The van der Waals surface area contributed by atoms with Crippen LogP contribution in [0.3, 0.4) is 0 Å². The van der Waals surface area contributed by atoms with E-state index in [9.17, 15) is 4.79 Å². The number of benzene rings is 2. The van der Waals surface area contributed by atoms with Gasteiger partial charge in [0.25, 0.3) is 0 Å². The van der Waals surface area contributed by atoms with Gasteiger partial charge in [-0.15, -0.1) is 0 Å². The summed E-state index contributed by atoms with van der Waals surface area (Å²) in [5, 5.41) is 4.75. The van der Waals surface area contributed by atoms with Crippen molar-refractivity contribution in [2.24, 2.45) is 0 Å². The lowest BCUT2D eigenvalue weighted by atomic mass is 10.1. The number of nitrogens with zero attached hydrogens (tertiary/aromatic N) is 2.